The van der Waals surface area contributed by atoms with Crippen molar-refractivity contribution < 1.29 is 22.7 Å². The van der Waals surface area contributed by atoms with Crippen LogP contribution in [0.3, 0.4) is 0 Å². The van der Waals surface area contributed by atoms with Crippen LogP contribution in [0.1, 0.15) is 31.1 Å². The van der Waals surface area contributed by atoms with Crippen molar-refractivity contribution in [3.8, 4) is 0 Å². The first-order chi connectivity index (χ1) is 12.7. The van der Waals surface area contributed by atoms with Gasteiger partial charge < -0.3 is 10.1 Å². The molecule has 2 aromatic carbocycles. The largest absolute Gasteiger partial charge is 0.449 e. The molecule has 0 saturated heterocycles. The number of sulfonamides is 1. The average molecular weight is 390 g/mol. The van der Waals surface area contributed by atoms with E-state index in [0.29, 0.717) is 5.69 Å². The normalized spacial score (nSPS) is 12.3. The van der Waals surface area contributed by atoms with Gasteiger partial charge in [-0.15, -0.1) is 0 Å². The SMILES string of the molecule is CC(C)NC(=O)[C@H](C)OC(=O)c1ccc(NS(=O)(=O)c2ccccc2)cc1. The Labute approximate surface area is 158 Å². The maximum Gasteiger partial charge on any atom is 0.338 e. The zero-order valence-corrected chi connectivity index (χ0v) is 16.1. The highest BCUT2D eigenvalue weighted by atomic mass is 32.2. The lowest BCUT2D eigenvalue weighted by atomic mass is 10.2. The molecule has 0 radical (unpaired) electrons. The molecule has 1 amide bonds. The van der Waals surface area contributed by atoms with Crippen molar-refractivity contribution in [1.29, 1.82) is 0 Å². The number of esters is 1. The van der Waals surface area contributed by atoms with E-state index in [2.05, 4.69) is 10.0 Å². The van der Waals surface area contributed by atoms with Gasteiger partial charge in [-0.2, -0.15) is 0 Å². The third-order valence-electron chi connectivity index (χ3n) is 3.51. The predicted octanol–water partition coefficient (Wildman–Crippen LogP) is 2.56. The molecule has 8 heteroatoms. The van der Waals surface area contributed by atoms with Crippen LogP contribution < -0.4 is 10.0 Å². The summed E-state index contributed by atoms with van der Waals surface area (Å²) < 4.78 is 32.1. The Kier molecular flexibility index (Phi) is 6.57. The van der Waals surface area contributed by atoms with E-state index in [1.54, 1.807) is 18.2 Å². The second-order valence-corrected chi connectivity index (χ2v) is 7.89. The summed E-state index contributed by atoms with van der Waals surface area (Å²) in [5.41, 5.74) is 0.517. The molecule has 2 rings (SSSR count). The van der Waals surface area contributed by atoms with E-state index >= 15 is 0 Å². The van der Waals surface area contributed by atoms with E-state index in [1.165, 1.54) is 43.3 Å². The molecule has 0 aliphatic heterocycles. The lowest BCUT2D eigenvalue weighted by Crippen LogP contribution is -2.39. The molecule has 2 aromatic rings. The van der Waals surface area contributed by atoms with Crippen LogP contribution >= 0.6 is 0 Å². The van der Waals surface area contributed by atoms with Crippen LogP contribution in [0.15, 0.2) is 59.5 Å². The fourth-order valence-electron chi connectivity index (χ4n) is 2.17. The zero-order valence-electron chi connectivity index (χ0n) is 15.3. The summed E-state index contributed by atoms with van der Waals surface area (Å²) in [5.74, 6) is -1.05. The molecular weight excluding hydrogens is 368 g/mol. The second kappa shape index (κ2) is 8.68. The van der Waals surface area contributed by atoms with Crippen molar-refractivity contribution in [3.63, 3.8) is 0 Å². The molecule has 0 fully saturated rings. The van der Waals surface area contributed by atoms with E-state index < -0.39 is 22.1 Å². The van der Waals surface area contributed by atoms with Crippen LogP contribution in [0.5, 0.6) is 0 Å². The number of hydrogen-bond acceptors (Lipinski definition) is 5. The van der Waals surface area contributed by atoms with Gasteiger partial charge in [0, 0.05) is 11.7 Å². The summed E-state index contributed by atoms with van der Waals surface area (Å²) in [4.78, 5) is 24.1. The fraction of sp³-hybridized carbons (Fsp3) is 0.263. The van der Waals surface area contributed by atoms with Gasteiger partial charge in [-0.3, -0.25) is 9.52 Å². The average Bonchev–Trinajstić information content (AvgIpc) is 2.62. The number of rotatable bonds is 7. The van der Waals surface area contributed by atoms with Crippen molar-refractivity contribution in [2.45, 2.75) is 37.8 Å². The Hall–Kier alpha value is -2.87. The topological polar surface area (TPSA) is 102 Å². The van der Waals surface area contributed by atoms with Crippen molar-refractivity contribution in [2.75, 3.05) is 4.72 Å². The molecule has 2 N–H and O–H groups in total. The van der Waals surface area contributed by atoms with Crippen LogP contribution in [-0.2, 0) is 19.6 Å². The van der Waals surface area contributed by atoms with Crippen molar-refractivity contribution in [1.82, 2.24) is 5.32 Å². The summed E-state index contributed by atoms with van der Waals surface area (Å²) in [5, 5.41) is 2.66. The number of ether oxygens (including phenoxy) is 1. The number of amides is 1. The summed E-state index contributed by atoms with van der Waals surface area (Å²) in [6.07, 6.45) is -0.934. The van der Waals surface area contributed by atoms with Crippen molar-refractivity contribution in [2.24, 2.45) is 0 Å². The molecule has 144 valence electrons. The van der Waals surface area contributed by atoms with Gasteiger partial charge in [0.15, 0.2) is 6.10 Å². The first kappa shape index (κ1) is 20.4. The van der Waals surface area contributed by atoms with E-state index in [0.717, 1.165) is 0 Å². The molecule has 0 aliphatic carbocycles. The minimum absolute atomic E-state index is 0.0597. The maximum absolute atomic E-state index is 12.3. The standard InChI is InChI=1S/C19H22N2O5S/c1-13(2)20-18(22)14(3)26-19(23)15-9-11-16(12-10-15)21-27(24,25)17-7-5-4-6-8-17/h4-14,21H,1-3H3,(H,20,22)/t14-/m0/s1. The van der Waals surface area contributed by atoms with Gasteiger partial charge in [0.2, 0.25) is 0 Å². The van der Waals surface area contributed by atoms with Crippen LogP contribution in [-0.4, -0.2) is 32.4 Å². The minimum Gasteiger partial charge on any atom is -0.449 e. The third kappa shape index (κ3) is 5.82. The highest BCUT2D eigenvalue weighted by Crippen LogP contribution is 2.17. The molecule has 0 bridgehead atoms. The quantitative estimate of drug-likeness (QED) is 0.708. The fourth-order valence-corrected chi connectivity index (χ4v) is 3.25. The van der Waals surface area contributed by atoms with Crippen LogP contribution in [0.4, 0.5) is 5.69 Å². The lowest BCUT2D eigenvalue weighted by molar-refractivity contribution is -0.129. The lowest BCUT2D eigenvalue weighted by Gasteiger charge is -2.15. The second-order valence-electron chi connectivity index (χ2n) is 6.21. The Morgan fingerprint density at radius 3 is 2.07 bits per heavy atom. The number of hydrogen-bond donors (Lipinski definition) is 2. The molecular formula is C19H22N2O5S. The Morgan fingerprint density at radius 1 is 0.926 bits per heavy atom. The van der Waals surface area contributed by atoms with E-state index in [1.807, 2.05) is 13.8 Å². The number of nitrogens with one attached hydrogen (secondary N) is 2. The zero-order chi connectivity index (χ0) is 20.0. The van der Waals surface area contributed by atoms with Crippen LogP contribution in [0.25, 0.3) is 0 Å². The molecule has 0 spiro atoms. The molecule has 0 heterocycles. The van der Waals surface area contributed by atoms with Crippen molar-refractivity contribution in [3.05, 3.63) is 60.2 Å². The number of carbonyl (C=O) groups excluding carboxylic acids is 2. The van der Waals surface area contributed by atoms with E-state index in [4.69, 9.17) is 4.74 Å². The first-order valence-corrected chi connectivity index (χ1v) is 9.86. The van der Waals surface area contributed by atoms with Gasteiger partial charge in [0.25, 0.3) is 15.9 Å². The molecule has 1 atom stereocenters. The number of carbonyl (C=O) groups is 2. The molecule has 27 heavy (non-hydrogen) atoms. The van der Waals surface area contributed by atoms with Gasteiger partial charge in [-0.1, -0.05) is 18.2 Å². The monoisotopic (exact) mass is 390 g/mol. The Bertz CT molecular complexity index is 893. The van der Waals surface area contributed by atoms with Gasteiger partial charge in [-0.05, 0) is 57.2 Å². The Morgan fingerprint density at radius 2 is 1.52 bits per heavy atom. The molecule has 7 nitrogen and oxygen atoms in total. The highest BCUT2D eigenvalue weighted by Gasteiger charge is 2.19. The van der Waals surface area contributed by atoms with Gasteiger partial charge in [0.1, 0.15) is 0 Å². The molecule has 0 aliphatic rings. The summed E-state index contributed by atoms with van der Waals surface area (Å²) >= 11 is 0. The predicted molar refractivity (Wildman–Crippen MR) is 102 cm³/mol. The summed E-state index contributed by atoms with van der Waals surface area (Å²) in [7, 11) is -3.71. The molecule has 0 saturated carbocycles. The highest BCUT2D eigenvalue weighted by molar-refractivity contribution is 7.92. The van der Waals surface area contributed by atoms with Crippen LogP contribution in [0.2, 0.25) is 0 Å². The Balaban J connectivity index is 2.02. The van der Waals surface area contributed by atoms with Crippen LogP contribution in [0, 0.1) is 0 Å². The van der Waals surface area contributed by atoms with Gasteiger partial charge in [-0.25, -0.2) is 13.2 Å². The summed E-state index contributed by atoms with van der Waals surface area (Å²) in [6, 6.07) is 13.7. The summed E-state index contributed by atoms with van der Waals surface area (Å²) in [6.45, 7) is 5.10. The number of anilines is 1. The van der Waals surface area contributed by atoms with E-state index in [-0.39, 0.29) is 22.4 Å². The van der Waals surface area contributed by atoms with Crippen molar-refractivity contribution >= 4 is 27.6 Å². The number of benzene rings is 2. The van der Waals surface area contributed by atoms with Gasteiger partial charge >= 0.3 is 5.97 Å². The maximum atomic E-state index is 12.3. The minimum atomic E-state index is -3.71. The third-order valence-corrected chi connectivity index (χ3v) is 4.91. The van der Waals surface area contributed by atoms with Gasteiger partial charge in [0.05, 0.1) is 10.5 Å². The molecule has 0 aromatic heterocycles. The van der Waals surface area contributed by atoms with E-state index in [9.17, 15) is 18.0 Å². The first-order valence-electron chi connectivity index (χ1n) is 8.38. The molecule has 0 unspecified atom stereocenters. The smallest absolute Gasteiger partial charge is 0.338 e.